The fourth-order valence-corrected chi connectivity index (χ4v) is 2.51. The fraction of sp³-hybridized carbons (Fsp3) is 0.286. The van der Waals surface area contributed by atoms with Crippen LogP contribution in [0.5, 0.6) is 11.5 Å². The summed E-state index contributed by atoms with van der Waals surface area (Å²) < 4.78 is 15.2. The van der Waals surface area contributed by atoms with E-state index in [0.717, 1.165) is 5.56 Å². The number of hydrogen-bond donors (Lipinski definition) is 2. The summed E-state index contributed by atoms with van der Waals surface area (Å²) in [6, 6.07) is 12.1. The van der Waals surface area contributed by atoms with Crippen LogP contribution in [-0.4, -0.2) is 45.2 Å². The van der Waals surface area contributed by atoms with E-state index in [2.05, 4.69) is 10.6 Å². The van der Waals surface area contributed by atoms with Gasteiger partial charge < -0.3 is 24.8 Å². The van der Waals surface area contributed by atoms with E-state index in [1.807, 2.05) is 19.1 Å². The Labute approximate surface area is 169 Å². The summed E-state index contributed by atoms with van der Waals surface area (Å²) in [5.41, 5.74) is 1.83. The first-order valence-electron chi connectivity index (χ1n) is 8.96. The SMILES string of the molecule is COc1ccc(NC(=O)COC(=O)CCNC(=O)c2ccccc2C)c(OC)c1. The standard InChI is InChI=1S/C21H24N2O6/c1-14-6-4-5-7-16(14)21(26)22-11-10-20(25)29-13-19(24)23-17-9-8-15(27-2)12-18(17)28-3/h4-9,12H,10-11,13H2,1-3H3,(H,22,26)(H,23,24). The van der Waals surface area contributed by atoms with E-state index >= 15 is 0 Å². The molecule has 0 aromatic heterocycles. The van der Waals surface area contributed by atoms with Crippen molar-refractivity contribution in [3.8, 4) is 11.5 Å². The van der Waals surface area contributed by atoms with Gasteiger partial charge in [-0.25, -0.2) is 0 Å². The number of esters is 1. The first kappa shape index (κ1) is 21.7. The van der Waals surface area contributed by atoms with Crippen molar-refractivity contribution in [1.29, 1.82) is 0 Å². The number of benzene rings is 2. The van der Waals surface area contributed by atoms with Crippen molar-refractivity contribution in [2.24, 2.45) is 0 Å². The molecule has 154 valence electrons. The molecule has 29 heavy (non-hydrogen) atoms. The summed E-state index contributed by atoms with van der Waals surface area (Å²) in [4.78, 5) is 35.9. The van der Waals surface area contributed by atoms with Crippen LogP contribution in [0.1, 0.15) is 22.3 Å². The summed E-state index contributed by atoms with van der Waals surface area (Å²) >= 11 is 0. The van der Waals surface area contributed by atoms with E-state index in [0.29, 0.717) is 22.7 Å². The predicted molar refractivity (Wildman–Crippen MR) is 107 cm³/mol. The highest BCUT2D eigenvalue weighted by molar-refractivity contribution is 5.96. The zero-order valence-electron chi connectivity index (χ0n) is 16.6. The molecule has 0 saturated carbocycles. The monoisotopic (exact) mass is 400 g/mol. The van der Waals surface area contributed by atoms with Crippen LogP contribution < -0.4 is 20.1 Å². The van der Waals surface area contributed by atoms with Crippen LogP contribution in [0.4, 0.5) is 5.69 Å². The average molecular weight is 400 g/mol. The molecular weight excluding hydrogens is 376 g/mol. The molecule has 2 aromatic carbocycles. The van der Waals surface area contributed by atoms with Crippen molar-refractivity contribution in [2.45, 2.75) is 13.3 Å². The Morgan fingerprint density at radius 3 is 2.45 bits per heavy atom. The third-order valence-electron chi connectivity index (χ3n) is 4.05. The minimum absolute atomic E-state index is 0.0449. The van der Waals surface area contributed by atoms with Crippen molar-refractivity contribution in [2.75, 3.05) is 32.7 Å². The highest BCUT2D eigenvalue weighted by Gasteiger charge is 2.13. The van der Waals surface area contributed by atoms with Gasteiger partial charge in [0.05, 0.1) is 26.3 Å². The number of methoxy groups -OCH3 is 2. The summed E-state index contributed by atoms with van der Waals surface area (Å²) in [6.07, 6.45) is -0.0449. The number of carbonyl (C=O) groups is 3. The Morgan fingerprint density at radius 1 is 1.00 bits per heavy atom. The smallest absolute Gasteiger partial charge is 0.308 e. The first-order valence-corrected chi connectivity index (χ1v) is 8.96. The van der Waals surface area contributed by atoms with Crippen LogP contribution in [0.2, 0.25) is 0 Å². The minimum atomic E-state index is -0.591. The number of carbonyl (C=O) groups excluding carboxylic acids is 3. The molecule has 0 radical (unpaired) electrons. The lowest BCUT2D eigenvalue weighted by Gasteiger charge is -2.12. The zero-order chi connectivity index (χ0) is 21.2. The molecule has 0 spiro atoms. The van der Waals surface area contributed by atoms with Crippen LogP contribution in [0.25, 0.3) is 0 Å². The molecule has 0 heterocycles. The molecule has 2 rings (SSSR count). The second-order valence-electron chi connectivity index (χ2n) is 6.10. The van der Waals surface area contributed by atoms with Crippen LogP contribution >= 0.6 is 0 Å². The van der Waals surface area contributed by atoms with Gasteiger partial charge in [0.1, 0.15) is 11.5 Å². The molecule has 0 aliphatic rings. The van der Waals surface area contributed by atoms with Gasteiger partial charge in [-0.1, -0.05) is 18.2 Å². The van der Waals surface area contributed by atoms with Gasteiger partial charge in [-0.3, -0.25) is 14.4 Å². The molecule has 2 aromatic rings. The molecule has 0 fully saturated rings. The normalized spacial score (nSPS) is 10.0. The Kier molecular flexibility index (Phi) is 8.02. The number of rotatable bonds is 9. The first-order chi connectivity index (χ1) is 13.9. The molecule has 0 aliphatic carbocycles. The zero-order valence-corrected chi connectivity index (χ0v) is 16.6. The molecule has 2 N–H and O–H groups in total. The molecule has 0 saturated heterocycles. The van der Waals surface area contributed by atoms with E-state index in [4.69, 9.17) is 14.2 Å². The van der Waals surface area contributed by atoms with Crippen LogP contribution in [0.15, 0.2) is 42.5 Å². The van der Waals surface area contributed by atoms with Gasteiger partial charge in [0.2, 0.25) is 0 Å². The number of nitrogens with one attached hydrogen (secondary N) is 2. The maximum Gasteiger partial charge on any atom is 0.308 e. The molecule has 2 amide bonds. The molecule has 0 aliphatic heterocycles. The summed E-state index contributed by atoms with van der Waals surface area (Å²) in [5, 5.41) is 5.26. The van der Waals surface area contributed by atoms with Crippen molar-refractivity contribution >= 4 is 23.5 Å². The third kappa shape index (κ3) is 6.53. The van der Waals surface area contributed by atoms with Gasteiger partial charge in [-0.15, -0.1) is 0 Å². The molecule has 0 unspecified atom stereocenters. The van der Waals surface area contributed by atoms with Gasteiger partial charge in [-0.05, 0) is 30.7 Å². The van der Waals surface area contributed by atoms with E-state index in [1.165, 1.54) is 14.2 Å². The molecular formula is C21H24N2O6. The number of anilines is 1. The molecule has 0 bridgehead atoms. The van der Waals surface area contributed by atoms with Crippen LogP contribution in [0, 0.1) is 6.92 Å². The van der Waals surface area contributed by atoms with Crippen molar-refractivity contribution < 1.29 is 28.6 Å². The summed E-state index contributed by atoms with van der Waals surface area (Å²) in [5.74, 6) is -0.361. The predicted octanol–water partition coefficient (Wildman–Crippen LogP) is 2.31. The Bertz CT molecular complexity index is 881. The lowest BCUT2D eigenvalue weighted by atomic mass is 10.1. The number of amides is 2. The largest absolute Gasteiger partial charge is 0.497 e. The topological polar surface area (TPSA) is 103 Å². The lowest BCUT2D eigenvalue weighted by molar-refractivity contribution is -0.147. The Hall–Kier alpha value is -3.55. The molecule has 0 atom stereocenters. The van der Waals surface area contributed by atoms with Crippen LogP contribution in [0.3, 0.4) is 0 Å². The number of ether oxygens (including phenoxy) is 3. The number of aryl methyl sites for hydroxylation is 1. The summed E-state index contributed by atoms with van der Waals surface area (Å²) in [6.45, 7) is 1.50. The molecule has 8 nitrogen and oxygen atoms in total. The Morgan fingerprint density at radius 2 is 1.76 bits per heavy atom. The van der Waals surface area contributed by atoms with Gasteiger partial charge in [0, 0.05) is 18.2 Å². The lowest BCUT2D eigenvalue weighted by Crippen LogP contribution is -2.28. The highest BCUT2D eigenvalue weighted by atomic mass is 16.5. The maximum absolute atomic E-state index is 12.1. The van der Waals surface area contributed by atoms with Gasteiger partial charge >= 0.3 is 5.97 Å². The maximum atomic E-state index is 12.1. The van der Waals surface area contributed by atoms with Crippen molar-refractivity contribution in [3.05, 3.63) is 53.6 Å². The highest BCUT2D eigenvalue weighted by Crippen LogP contribution is 2.28. The van der Waals surface area contributed by atoms with Gasteiger partial charge in [-0.2, -0.15) is 0 Å². The van der Waals surface area contributed by atoms with E-state index in [1.54, 1.807) is 30.3 Å². The average Bonchev–Trinajstić information content (AvgIpc) is 2.72. The van der Waals surface area contributed by atoms with Crippen molar-refractivity contribution in [3.63, 3.8) is 0 Å². The van der Waals surface area contributed by atoms with E-state index in [9.17, 15) is 14.4 Å². The van der Waals surface area contributed by atoms with Gasteiger partial charge in [0.15, 0.2) is 6.61 Å². The quantitative estimate of drug-likeness (QED) is 0.626. The van der Waals surface area contributed by atoms with Crippen LogP contribution in [-0.2, 0) is 14.3 Å². The number of hydrogen-bond acceptors (Lipinski definition) is 6. The van der Waals surface area contributed by atoms with E-state index < -0.39 is 18.5 Å². The Balaban J connectivity index is 1.74. The van der Waals surface area contributed by atoms with E-state index in [-0.39, 0.29) is 18.9 Å². The second kappa shape index (κ2) is 10.7. The third-order valence-corrected chi connectivity index (χ3v) is 4.05. The fourth-order valence-electron chi connectivity index (χ4n) is 2.51. The molecule has 8 heteroatoms. The van der Waals surface area contributed by atoms with Crippen molar-refractivity contribution in [1.82, 2.24) is 5.32 Å². The van der Waals surface area contributed by atoms with Gasteiger partial charge in [0.25, 0.3) is 11.8 Å². The summed E-state index contributed by atoms with van der Waals surface area (Å²) in [7, 11) is 2.99. The second-order valence-corrected chi connectivity index (χ2v) is 6.10. The minimum Gasteiger partial charge on any atom is -0.497 e.